The van der Waals surface area contributed by atoms with Gasteiger partial charge in [-0.05, 0) is 6.20 Å². The van der Waals surface area contributed by atoms with Gasteiger partial charge in [0.25, 0.3) is 0 Å². The van der Waals surface area contributed by atoms with Crippen LogP contribution in [0.5, 0.6) is 0 Å². The van der Waals surface area contributed by atoms with Crippen LogP contribution in [0.1, 0.15) is 0 Å². The van der Waals surface area contributed by atoms with Crippen molar-refractivity contribution < 1.29 is 4.84 Å². The van der Waals surface area contributed by atoms with Crippen molar-refractivity contribution in [2.24, 2.45) is 0 Å². The summed E-state index contributed by atoms with van der Waals surface area (Å²) in [5.74, 6) is 0.660. The van der Waals surface area contributed by atoms with Crippen molar-refractivity contribution in [3.8, 4) is 0 Å². The molecule has 0 rings (SSSR count). The zero-order valence-corrected chi connectivity index (χ0v) is 5.85. The largest absolute Gasteiger partial charge is 0.348 e. The smallest absolute Gasteiger partial charge is 0.122 e. The summed E-state index contributed by atoms with van der Waals surface area (Å²) in [6.45, 7) is 7.10. The minimum absolute atomic E-state index is 0.660. The topological polar surface area (TPSA) is 24.5 Å². The minimum atomic E-state index is 0.660. The molecule has 0 spiro atoms. The van der Waals surface area contributed by atoms with Gasteiger partial charge in [0, 0.05) is 7.05 Å². The second kappa shape index (κ2) is 3.97. The maximum atomic E-state index is 4.79. The summed E-state index contributed by atoms with van der Waals surface area (Å²) in [7, 11) is 3.31. The van der Waals surface area contributed by atoms with E-state index in [1.54, 1.807) is 14.2 Å². The summed E-state index contributed by atoms with van der Waals surface area (Å²) in [5.41, 5.74) is 0. The number of hydrogen-bond donors (Lipinski definition) is 1. The summed E-state index contributed by atoms with van der Waals surface area (Å²) >= 11 is 0. The van der Waals surface area contributed by atoms with E-state index in [1.165, 1.54) is 11.3 Å². The van der Waals surface area contributed by atoms with Crippen LogP contribution in [-0.2, 0) is 4.84 Å². The van der Waals surface area contributed by atoms with Gasteiger partial charge in [-0.25, -0.2) is 5.06 Å². The molecule has 3 heteroatoms. The van der Waals surface area contributed by atoms with Crippen molar-refractivity contribution in [3.63, 3.8) is 0 Å². The highest BCUT2D eigenvalue weighted by Crippen LogP contribution is 1.90. The van der Waals surface area contributed by atoms with Gasteiger partial charge in [0.15, 0.2) is 0 Å². The van der Waals surface area contributed by atoms with Gasteiger partial charge in [0.2, 0.25) is 0 Å². The summed E-state index contributed by atoms with van der Waals surface area (Å²) < 4.78 is 0. The van der Waals surface area contributed by atoms with E-state index < -0.39 is 0 Å². The summed E-state index contributed by atoms with van der Waals surface area (Å²) in [4.78, 5) is 4.79. The van der Waals surface area contributed by atoms with Gasteiger partial charge in [0.1, 0.15) is 5.82 Å². The second-order valence-electron chi connectivity index (χ2n) is 1.48. The van der Waals surface area contributed by atoms with Crippen molar-refractivity contribution in [2.75, 3.05) is 14.2 Å². The summed E-state index contributed by atoms with van der Waals surface area (Å²) in [6, 6.07) is 0. The molecule has 0 heterocycles. The molecule has 0 atom stereocenters. The van der Waals surface area contributed by atoms with Crippen LogP contribution < -0.4 is 5.32 Å². The molecule has 0 aromatic heterocycles. The van der Waals surface area contributed by atoms with Gasteiger partial charge < -0.3 is 5.32 Å². The third-order valence-corrected chi connectivity index (χ3v) is 0.923. The molecule has 52 valence electrons. The Morgan fingerprint density at radius 3 is 2.67 bits per heavy atom. The van der Waals surface area contributed by atoms with E-state index in [0.717, 1.165) is 0 Å². The molecule has 0 aliphatic carbocycles. The highest BCUT2D eigenvalue weighted by atomic mass is 16.7. The lowest BCUT2D eigenvalue weighted by atomic mass is 10.7. The quantitative estimate of drug-likeness (QED) is 0.563. The van der Waals surface area contributed by atoms with E-state index >= 15 is 0 Å². The highest BCUT2D eigenvalue weighted by molar-refractivity contribution is 4.89. The predicted octanol–water partition coefficient (Wildman–Crippen LogP) is 0.684. The fourth-order valence-corrected chi connectivity index (χ4v) is 0.319. The molecule has 0 aliphatic rings. The van der Waals surface area contributed by atoms with E-state index in [-0.39, 0.29) is 0 Å². The van der Waals surface area contributed by atoms with Gasteiger partial charge in [0.05, 0.1) is 7.11 Å². The Labute approximate surface area is 55.6 Å². The van der Waals surface area contributed by atoms with Crippen LogP contribution in [-0.4, -0.2) is 19.2 Å². The lowest BCUT2D eigenvalue weighted by Crippen LogP contribution is -2.23. The van der Waals surface area contributed by atoms with Crippen molar-refractivity contribution in [1.82, 2.24) is 10.4 Å². The molecule has 0 saturated carbocycles. The molecule has 1 N–H and O–H groups in total. The molecule has 0 radical (unpaired) electrons. The van der Waals surface area contributed by atoms with Crippen molar-refractivity contribution in [3.05, 3.63) is 25.2 Å². The lowest BCUT2D eigenvalue weighted by molar-refractivity contribution is -0.0810. The Bertz CT molecular complexity index is 112. The Kier molecular flexibility index (Phi) is 3.55. The molecule has 0 amide bonds. The van der Waals surface area contributed by atoms with Gasteiger partial charge in [-0.2, -0.15) is 0 Å². The zero-order valence-electron chi connectivity index (χ0n) is 5.85. The van der Waals surface area contributed by atoms with E-state index in [4.69, 9.17) is 4.84 Å². The first-order valence-corrected chi connectivity index (χ1v) is 2.56. The number of hydrogen-bond acceptors (Lipinski definition) is 3. The Morgan fingerprint density at radius 2 is 2.33 bits per heavy atom. The van der Waals surface area contributed by atoms with Gasteiger partial charge in [-0.3, -0.25) is 4.84 Å². The summed E-state index contributed by atoms with van der Waals surface area (Å²) in [5, 5.41) is 4.27. The van der Waals surface area contributed by atoms with E-state index in [1.807, 2.05) is 0 Å². The fourth-order valence-electron chi connectivity index (χ4n) is 0.319. The van der Waals surface area contributed by atoms with Crippen molar-refractivity contribution in [2.45, 2.75) is 0 Å². The standard InChI is InChI=1S/C6H12N2O/c1-5-7-6(2)8(3)9-4/h5,7H,1-2H2,3-4H3. The monoisotopic (exact) mass is 128 g/mol. The molecular weight excluding hydrogens is 116 g/mol. The van der Waals surface area contributed by atoms with Crippen molar-refractivity contribution in [1.29, 1.82) is 0 Å². The maximum Gasteiger partial charge on any atom is 0.122 e. The number of rotatable bonds is 4. The van der Waals surface area contributed by atoms with Gasteiger partial charge in [-0.15, -0.1) is 0 Å². The highest BCUT2D eigenvalue weighted by Gasteiger charge is 1.93. The van der Waals surface area contributed by atoms with Crippen LogP contribution in [0.25, 0.3) is 0 Å². The number of hydroxylamine groups is 2. The molecule has 0 saturated heterocycles. The molecule has 0 unspecified atom stereocenters. The van der Waals surface area contributed by atoms with Crippen LogP contribution in [0.4, 0.5) is 0 Å². The van der Waals surface area contributed by atoms with Crippen LogP contribution in [0.3, 0.4) is 0 Å². The Morgan fingerprint density at radius 1 is 1.78 bits per heavy atom. The zero-order chi connectivity index (χ0) is 7.28. The number of nitrogens with zero attached hydrogens (tertiary/aromatic N) is 1. The first-order valence-electron chi connectivity index (χ1n) is 2.56. The van der Waals surface area contributed by atoms with Crippen LogP contribution in [0, 0.1) is 0 Å². The molecule has 3 nitrogen and oxygen atoms in total. The van der Waals surface area contributed by atoms with Crippen LogP contribution >= 0.6 is 0 Å². The Hall–Kier alpha value is -0.960. The first-order chi connectivity index (χ1) is 4.22. The van der Waals surface area contributed by atoms with Crippen molar-refractivity contribution >= 4 is 0 Å². The molecule has 0 aliphatic heterocycles. The molecule has 0 aromatic rings. The molecular formula is C6H12N2O. The summed E-state index contributed by atoms with van der Waals surface area (Å²) in [6.07, 6.45) is 1.54. The van der Waals surface area contributed by atoms with Gasteiger partial charge >= 0.3 is 0 Å². The first kappa shape index (κ1) is 8.04. The third kappa shape index (κ3) is 2.77. The second-order valence-corrected chi connectivity index (χ2v) is 1.48. The number of nitrogens with one attached hydrogen (secondary N) is 1. The molecule has 0 bridgehead atoms. The predicted molar refractivity (Wildman–Crippen MR) is 37.2 cm³/mol. The Balaban J connectivity index is 3.58. The molecule has 0 aromatic carbocycles. The van der Waals surface area contributed by atoms with E-state index in [9.17, 15) is 0 Å². The van der Waals surface area contributed by atoms with Crippen LogP contribution in [0.15, 0.2) is 25.2 Å². The van der Waals surface area contributed by atoms with E-state index in [0.29, 0.717) is 5.82 Å². The average Bonchev–Trinajstić information content (AvgIpc) is 1.87. The third-order valence-electron chi connectivity index (χ3n) is 0.923. The molecule has 0 fully saturated rings. The van der Waals surface area contributed by atoms with Gasteiger partial charge in [-0.1, -0.05) is 13.2 Å². The van der Waals surface area contributed by atoms with Crippen LogP contribution in [0.2, 0.25) is 0 Å². The normalized spacial score (nSPS) is 8.22. The molecule has 9 heavy (non-hydrogen) atoms. The average molecular weight is 128 g/mol. The lowest BCUT2D eigenvalue weighted by Gasteiger charge is -2.17. The SMILES string of the molecule is C=CNC(=C)N(C)OC. The fraction of sp³-hybridized carbons (Fsp3) is 0.333. The maximum absolute atomic E-state index is 4.79. The minimum Gasteiger partial charge on any atom is -0.348 e. The van der Waals surface area contributed by atoms with E-state index in [2.05, 4.69) is 18.5 Å².